The molecule has 0 aliphatic carbocycles. The lowest BCUT2D eigenvalue weighted by Crippen LogP contribution is -2.60. The van der Waals surface area contributed by atoms with Gasteiger partial charge in [0, 0.05) is 6.42 Å². The highest BCUT2D eigenvalue weighted by Crippen LogP contribution is 2.23. The monoisotopic (exact) mass is 1040 g/mol. The summed E-state index contributed by atoms with van der Waals surface area (Å²) in [4.78, 5) is 13.1. The van der Waals surface area contributed by atoms with E-state index >= 15 is 0 Å². The molecule has 1 saturated heterocycles. The van der Waals surface area contributed by atoms with Crippen LogP contribution in [0.5, 0.6) is 0 Å². The molecule has 6 N–H and O–H groups in total. The van der Waals surface area contributed by atoms with Gasteiger partial charge in [0.15, 0.2) is 6.29 Å². The Labute approximate surface area is 456 Å². The Balaban J connectivity index is 2.17. The van der Waals surface area contributed by atoms with Crippen LogP contribution in [-0.4, -0.2) is 87.5 Å². The molecule has 1 aliphatic rings. The zero-order valence-corrected chi connectivity index (χ0v) is 48.4. The van der Waals surface area contributed by atoms with E-state index in [9.17, 15) is 30.3 Å². The third-order valence-electron chi connectivity index (χ3n) is 15.1. The summed E-state index contributed by atoms with van der Waals surface area (Å²) in [6, 6.07) is -0.826. The van der Waals surface area contributed by atoms with Gasteiger partial charge in [-0.25, -0.2) is 0 Å². The molecule has 1 fully saturated rings. The summed E-state index contributed by atoms with van der Waals surface area (Å²) in [5.74, 6) is -0.189. The number of rotatable bonds is 55. The normalized spacial score (nSPS) is 19.3. The number of nitrogens with one attached hydrogen (secondary N) is 1. The first kappa shape index (κ1) is 70.2. The fourth-order valence-corrected chi connectivity index (χ4v) is 10.1. The molecule has 0 radical (unpaired) electrons. The zero-order chi connectivity index (χ0) is 53.6. The van der Waals surface area contributed by atoms with Crippen molar-refractivity contribution < 1.29 is 39.8 Å². The van der Waals surface area contributed by atoms with Crippen LogP contribution in [-0.2, 0) is 14.3 Å². The highest BCUT2D eigenvalue weighted by Gasteiger charge is 2.44. The molecule has 0 aromatic heterocycles. The van der Waals surface area contributed by atoms with Crippen molar-refractivity contribution in [3.63, 3.8) is 0 Å². The Morgan fingerprint density at radius 3 is 1.24 bits per heavy atom. The van der Waals surface area contributed by atoms with Crippen molar-refractivity contribution in [3.8, 4) is 0 Å². The number of unbranched alkanes of at least 4 members (excludes halogenated alkanes) is 39. The molecule has 0 bridgehead atoms. The number of aliphatic hydroxyl groups is 5. The molecule has 1 rings (SSSR count). The Kier molecular flexibility index (Phi) is 51.7. The lowest BCUT2D eigenvalue weighted by atomic mass is 9.99. The smallest absolute Gasteiger partial charge is 0.220 e. The average molecular weight is 1040 g/mol. The van der Waals surface area contributed by atoms with Gasteiger partial charge in [-0.2, -0.15) is 0 Å². The van der Waals surface area contributed by atoms with Crippen LogP contribution in [0, 0.1) is 0 Å². The molecule has 7 atom stereocenters. The van der Waals surface area contributed by atoms with Crippen molar-refractivity contribution in [3.05, 3.63) is 48.6 Å². The number of hydrogen-bond acceptors (Lipinski definition) is 8. The van der Waals surface area contributed by atoms with E-state index in [-0.39, 0.29) is 12.5 Å². The number of carbonyl (C=O) groups excluding carboxylic acids is 1. The molecule has 9 nitrogen and oxygen atoms in total. The van der Waals surface area contributed by atoms with Crippen LogP contribution in [0.25, 0.3) is 0 Å². The van der Waals surface area contributed by atoms with Gasteiger partial charge in [0.2, 0.25) is 5.91 Å². The van der Waals surface area contributed by atoms with Crippen molar-refractivity contribution in [1.82, 2.24) is 5.32 Å². The zero-order valence-electron chi connectivity index (χ0n) is 48.4. The highest BCUT2D eigenvalue weighted by molar-refractivity contribution is 5.76. The first-order valence-electron chi connectivity index (χ1n) is 31.9. The van der Waals surface area contributed by atoms with E-state index in [1.165, 1.54) is 231 Å². The average Bonchev–Trinajstić information content (AvgIpc) is 3.40. The maximum atomic E-state index is 13.1. The molecule has 7 unspecified atom stereocenters. The fraction of sp³-hybridized carbons (Fsp3) is 0.862. The second-order valence-corrected chi connectivity index (χ2v) is 22.2. The standard InChI is InChI=1S/C65H121NO8/c1-3-5-7-9-11-13-15-17-19-21-23-24-25-26-27-28-29-30-31-32-33-34-35-37-38-40-42-44-46-48-50-52-54-59(68)58(57-73-65-64(72)63(71)62(70)60(56-67)74-65)66-61(69)55-53-51-49-47-45-43-41-39-36-22-20-18-16-14-12-10-8-6-4-2/h12,14,18,20,44,46,52,54,58-60,62-65,67-68,70-72H,3-11,13,15-17,19,21-43,45,47-51,53,55-57H2,1-2H3,(H,66,69)/b14-12-,20-18-,46-44+,54-52+. The van der Waals surface area contributed by atoms with E-state index in [1.807, 2.05) is 6.08 Å². The summed E-state index contributed by atoms with van der Waals surface area (Å²) in [7, 11) is 0. The van der Waals surface area contributed by atoms with E-state index < -0.39 is 49.5 Å². The number of hydrogen-bond donors (Lipinski definition) is 6. The number of allylic oxidation sites excluding steroid dienone is 7. The second kappa shape index (κ2) is 54.5. The van der Waals surface area contributed by atoms with Crippen molar-refractivity contribution in [2.75, 3.05) is 13.2 Å². The van der Waals surface area contributed by atoms with Gasteiger partial charge in [0.1, 0.15) is 24.4 Å². The van der Waals surface area contributed by atoms with E-state index in [0.29, 0.717) is 6.42 Å². The predicted molar refractivity (Wildman–Crippen MR) is 313 cm³/mol. The first-order chi connectivity index (χ1) is 36.3. The molecule has 1 aliphatic heterocycles. The summed E-state index contributed by atoms with van der Waals surface area (Å²) in [6.07, 6.45) is 66.3. The van der Waals surface area contributed by atoms with Gasteiger partial charge in [0.05, 0.1) is 25.4 Å². The maximum absolute atomic E-state index is 13.1. The number of ether oxygens (including phenoxy) is 2. The van der Waals surface area contributed by atoms with E-state index in [0.717, 1.165) is 51.4 Å². The molecule has 0 saturated carbocycles. The highest BCUT2D eigenvalue weighted by atomic mass is 16.7. The number of amides is 1. The van der Waals surface area contributed by atoms with Gasteiger partial charge in [-0.3, -0.25) is 4.79 Å². The minimum atomic E-state index is -1.57. The van der Waals surface area contributed by atoms with Crippen molar-refractivity contribution in [2.24, 2.45) is 0 Å². The lowest BCUT2D eigenvalue weighted by Gasteiger charge is -2.40. The van der Waals surface area contributed by atoms with Crippen LogP contribution in [0.3, 0.4) is 0 Å². The molecule has 434 valence electrons. The minimum Gasteiger partial charge on any atom is -0.394 e. The third-order valence-corrected chi connectivity index (χ3v) is 15.1. The largest absolute Gasteiger partial charge is 0.394 e. The Hall–Kier alpha value is -1.85. The number of carbonyl (C=O) groups is 1. The summed E-state index contributed by atoms with van der Waals surface area (Å²) in [5.41, 5.74) is 0. The molecular weight excluding hydrogens is 923 g/mol. The molecule has 0 aromatic carbocycles. The molecule has 0 aromatic rings. The van der Waals surface area contributed by atoms with E-state index in [4.69, 9.17) is 9.47 Å². The Morgan fingerprint density at radius 2 is 0.811 bits per heavy atom. The van der Waals surface area contributed by atoms with Crippen LogP contribution >= 0.6 is 0 Å². The lowest BCUT2D eigenvalue weighted by molar-refractivity contribution is -0.302. The van der Waals surface area contributed by atoms with Crippen LogP contribution in [0.2, 0.25) is 0 Å². The van der Waals surface area contributed by atoms with Crippen LogP contribution in [0.4, 0.5) is 0 Å². The van der Waals surface area contributed by atoms with Gasteiger partial charge >= 0.3 is 0 Å². The van der Waals surface area contributed by atoms with E-state index in [1.54, 1.807) is 6.08 Å². The molecule has 0 spiro atoms. The molecule has 1 heterocycles. The Bertz CT molecular complexity index is 1300. The quantitative estimate of drug-likeness (QED) is 0.0261. The topological polar surface area (TPSA) is 149 Å². The third kappa shape index (κ3) is 43.2. The van der Waals surface area contributed by atoms with Gasteiger partial charge in [0.25, 0.3) is 0 Å². The summed E-state index contributed by atoms with van der Waals surface area (Å²) < 4.78 is 11.3. The van der Waals surface area contributed by atoms with Crippen LogP contribution in [0.15, 0.2) is 48.6 Å². The molecular formula is C65H121NO8. The van der Waals surface area contributed by atoms with Crippen molar-refractivity contribution >= 4 is 5.91 Å². The van der Waals surface area contributed by atoms with Crippen LogP contribution < -0.4 is 5.32 Å². The van der Waals surface area contributed by atoms with Gasteiger partial charge < -0.3 is 40.3 Å². The van der Waals surface area contributed by atoms with Gasteiger partial charge in [-0.15, -0.1) is 0 Å². The SMILES string of the molecule is CCCCC/C=C\C/C=C\CCCCCCCCCCCC(=O)NC(COC1OC(CO)C(O)C(O)C1O)C(O)/C=C/CC/C=C/CCCCCCCCCCCCCCCCCCCCCCCCCCCC. The molecule has 1 amide bonds. The number of aliphatic hydroxyl groups excluding tert-OH is 5. The summed E-state index contributed by atoms with van der Waals surface area (Å²) in [6.45, 7) is 3.77. The summed E-state index contributed by atoms with van der Waals surface area (Å²) >= 11 is 0. The van der Waals surface area contributed by atoms with Gasteiger partial charge in [-0.1, -0.05) is 281 Å². The Morgan fingerprint density at radius 1 is 0.459 bits per heavy atom. The second-order valence-electron chi connectivity index (χ2n) is 22.2. The minimum absolute atomic E-state index is 0.189. The van der Waals surface area contributed by atoms with Gasteiger partial charge in [-0.05, 0) is 64.2 Å². The van der Waals surface area contributed by atoms with Crippen molar-refractivity contribution in [2.45, 2.75) is 346 Å². The fourth-order valence-electron chi connectivity index (χ4n) is 10.1. The van der Waals surface area contributed by atoms with E-state index in [2.05, 4.69) is 55.6 Å². The first-order valence-corrected chi connectivity index (χ1v) is 31.9. The van der Waals surface area contributed by atoms with Crippen molar-refractivity contribution in [1.29, 1.82) is 0 Å². The molecule has 9 heteroatoms. The predicted octanol–water partition coefficient (Wildman–Crippen LogP) is 16.5. The maximum Gasteiger partial charge on any atom is 0.220 e. The van der Waals surface area contributed by atoms with Crippen LogP contribution in [0.1, 0.15) is 303 Å². The molecule has 74 heavy (non-hydrogen) atoms. The summed E-state index contributed by atoms with van der Waals surface area (Å²) in [5, 5.41) is 54.6.